The summed E-state index contributed by atoms with van der Waals surface area (Å²) >= 11 is 0. The van der Waals surface area contributed by atoms with Crippen LogP contribution in [0.25, 0.3) is 33.4 Å². The van der Waals surface area contributed by atoms with E-state index >= 15 is 0 Å². The number of fused-ring (bicyclic) bond motifs is 1. The summed E-state index contributed by atoms with van der Waals surface area (Å²) in [6, 6.07) is 17.5. The summed E-state index contributed by atoms with van der Waals surface area (Å²) in [4.78, 5) is 34.0. The number of nitrogens with zero attached hydrogens (tertiary/aromatic N) is 4. The highest BCUT2D eigenvalue weighted by Crippen LogP contribution is 2.34. The molecule has 0 unspecified atom stereocenters. The molecule has 4 aromatic rings. The highest BCUT2D eigenvalue weighted by molar-refractivity contribution is 5.97. The van der Waals surface area contributed by atoms with Gasteiger partial charge in [0.25, 0.3) is 5.91 Å². The average molecular weight is 557 g/mol. The maximum absolute atomic E-state index is 13.4. The molecule has 1 saturated heterocycles. The maximum atomic E-state index is 13.4. The van der Waals surface area contributed by atoms with Gasteiger partial charge >= 0.3 is 6.09 Å². The van der Waals surface area contributed by atoms with E-state index in [-0.39, 0.29) is 5.91 Å². The number of ether oxygens (including phenoxy) is 2. The van der Waals surface area contributed by atoms with Gasteiger partial charge in [-0.15, -0.1) is 0 Å². The number of carbonyl (C=O) groups is 2. The van der Waals surface area contributed by atoms with Gasteiger partial charge in [0.15, 0.2) is 5.65 Å². The first kappa shape index (κ1) is 28.1. The Morgan fingerprint density at radius 1 is 1.00 bits per heavy atom. The number of hydrogen-bond donors (Lipinski definition) is 2. The molecule has 2 N–H and O–H groups in total. The third kappa shape index (κ3) is 6.66. The number of nitrogens with one attached hydrogen (secondary N) is 2. The van der Waals surface area contributed by atoms with Crippen molar-refractivity contribution in [2.24, 2.45) is 0 Å². The third-order valence-corrected chi connectivity index (χ3v) is 6.98. The zero-order chi connectivity index (χ0) is 29.0. The van der Waals surface area contributed by atoms with Gasteiger partial charge in [-0.25, -0.2) is 9.78 Å². The zero-order valence-corrected chi connectivity index (χ0v) is 23.9. The average Bonchev–Trinajstić information content (AvgIpc) is 3.39. The summed E-state index contributed by atoms with van der Waals surface area (Å²) in [7, 11) is 1.64. The van der Waals surface area contributed by atoms with Crippen molar-refractivity contribution in [3.63, 3.8) is 0 Å². The molecule has 1 aliphatic heterocycles. The van der Waals surface area contributed by atoms with E-state index < -0.39 is 11.7 Å². The van der Waals surface area contributed by atoms with Crippen LogP contribution in [0, 0.1) is 0 Å². The number of H-pyrrole nitrogens is 1. The predicted octanol–water partition coefficient (Wildman–Crippen LogP) is 4.58. The van der Waals surface area contributed by atoms with E-state index in [2.05, 4.69) is 25.4 Å². The summed E-state index contributed by atoms with van der Waals surface area (Å²) in [5.74, 6) is 0.740. The van der Waals surface area contributed by atoms with Crippen LogP contribution in [-0.4, -0.2) is 89.0 Å². The van der Waals surface area contributed by atoms with Crippen LogP contribution >= 0.6 is 0 Å². The molecular weight excluding hydrogens is 520 g/mol. The number of carbonyl (C=O) groups excluding carboxylic acids is 2. The van der Waals surface area contributed by atoms with E-state index in [4.69, 9.17) is 9.47 Å². The van der Waals surface area contributed by atoms with Crippen molar-refractivity contribution >= 4 is 23.0 Å². The molecule has 0 spiro atoms. The van der Waals surface area contributed by atoms with Gasteiger partial charge in [0.2, 0.25) is 0 Å². The Morgan fingerprint density at radius 2 is 1.78 bits per heavy atom. The van der Waals surface area contributed by atoms with Crippen molar-refractivity contribution in [2.75, 3.05) is 46.4 Å². The summed E-state index contributed by atoms with van der Waals surface area (Å²) < 4.78 is 10.8. The Balaban J connectivity index is 1.24. The number of aromatic amines is 1. The number of amides is 2. The molecule has 5 rings (SSSR count). The Labute approximate surface area is 239 Å². The van der Waals surface area contributed by atoms with Crippen LogP contribution < -0.4 is 10.1 Å². The highest BCUT2D eigenvalue weighted by atomic mass is 16.6. The molecule has 0 atom stereocenters. The number of aromatic nitrogens is 3. The lowest BCUT2D eigenvalue weighted by atomic mass is 10.0. The van der Waals surface area contributed by atoms with Gasteiger partial charge in [0.05, 0.1) is 7.11 Å². The van der Waals surface area contributed by atoms with Crippen molar-refractivity contribution < 1.29 is 19.1 Å². The Kier molecular flexibility index (Phi) is 8.21. The summed E-state index contributed by atoms with van der Waals surface area (Å²) in [6.07, 6.45) is 1.38. The van der Waals surface area contributed by atoms with Crippen LogP contribution in [0.4, 0.5) is 4.79 Å². The van der Waals surface area contributed by atoms with Gasteiger partial charge < -0.3 is 19.7 Å². The topological polar surface area (TPSA) is 113 Å². The fourth-order valence-electron chi connectivity index (χ4n) is 4.93. The molecule has 2 aromatic heterocycles. The van der Waals surface area contributed by atoms with E-state index in [9.17, 15) is 9.59 Å². The summed E-state index contributed by atoms with van der Waals surface area (Å²) in [5, 5.41) is 11.2. The second-order valence-corrected chi connectivity index (χ2v) is 11.0. The van der Waals surface area contributed by atoms with Gasteiger partial charge in [0, 0.05) is 67.5 Å². The van der Waals surface area contributed by atoms with Gasteiger partial charge in [0.1, 0.15) is 17.0 Å². The van der Waals surface area contributed by atoms with Gasteiger partial charge in [-0.2, -0.15) is 5.10 Å². The quantitative estimate of drug-likeness (QED) is 0.343. The Hall–Kier alpha value is -4.44. The van der Waals surface area contributed by atoms with Crippen molar-refractivity contribution in [2.45, 2.75) is 26.4 Å². The normalized spacial score (nSPS) is 14.2. The number of methoxy groups -OCH3 is 1. The SMILES string of the molecule is COc1ccccc1-c1n[nH]c2ncc(-c3cccc(C(=O)N4CCN(CCNC(=O)OC(C)(C)C)CC4)c3)cc12. The number of alkyl carbamates (subject to hydrolysis) is 1. The lowest BCUT2D eigenvalue weighted by Gasteiger charge is -2.34. The first-order chi connectivity index (χ1) is 19.7. The van der Waals surface area contributed by atoms with Crippen LogP contribution in [0.3, 0.4) is 0 Å². The van der Waals surface area contributed by atoms with Crippen LogP contribution in [0.5, 0.6) is 5.75 Å². The second kappa shape index (κ2) is 12.0. The van der Waals surface area contributed by atoms with Gasteiger partial charge in [-0.05, 0) is 56.7 Å². The Bertz CT molecular complexity index is 1540. The van der Waals surface area contributed by atoms with E-state index in [1.165, 1.54) is 0 Å². The molecule has 0 aliphatic carbocycles. The molecule has 214 valence electrons. The lowest BCUT2D eigenvalue weighted by molar-refractivity contribution is 0.0513. The number of para-hydroxylation sites is 1. The summed E-state index contributed by atoms with van der Waals surface area (Å²) in [6.45, 7) is 9.46. The second-order valence-electron chi connectivity index (χ2n) is 11.0. The lowest BCUT2D eigenvalue weighted by Crippen LogP contribution is -2.50. The third-order valence-electron chi connectivity index (χ3n) is 6.98. The van der Waals surface area contributed by atoms with Crippen LogP contribution in [-0.2, 0) is 4.74 Å². The van der Waals surface area contributed by atoms with Crippen molar-refractivity contribution in [3.8, 4) is 28.1 Å². The molecule has 0 bridgehead atoms. The Morgan fingerprint density at radius 3 is 2.54 bits per heavy atom. The number of piperazine rings is 1. The molecule has 10 heteroatoms. The zero-order valence-electron chi connectivity index (χ0n) is 23.9. The molecule has 41 heavy (non-hydrogen) atoms. The van der Waals surface area contributed by atoms with E-state index in [0.717, 1.165) is 46.6 Å². The van der Waals surface area contributed by atoms with Crippen molar-refractivity contribution in [1.82, 2.24) is 30.3 Å². The minimum absolute atomic E-state index is 0.00504. The fourth-order valence-corrected chi connectivity index (χ4v) is 4.93. The van der Waals surface area contributed by atoms with Gasteiger partial charge in [-0.1, -0.05) is 24.3 Å². The van der Waals surface area contributed by atoms with Crippen molar-refractivity contribution in [3.05, 3.63) is 66.4 Å². The largest absolute Gasteiger partial charge is 0.496 e. The van der Waals surface area contributed by atoms with Crippen molar-refractivity contribution in [1.29, 1.82) is 0 Å². The van der Waals surface area contributed by atoms with E-state index in [1.807, 2.05) is 80.3 Å². The van der Waals surface area contributed by atoms with E-state index in [1.54, 1.807) is 13.3 Å². The predicted molar refractivity (Wildman–Crippen MR) is 158 cm³/mol. The summed E-state index contributed by atoms with van der Waals surface area (Å²) in [5.41, 5.74) is 4.24. The molecule has 1 fully saturated rings. The molecule has 1 aliphatic rings. The molecule has 10 nitrogen and oxygen atoms in total. The molecule has 0 radical (unpaired) electrons. The number of pyridine rings is 1. The number of hydrogen-bond acceptors (Lipinski definition) is 7. The van der Waals surface area contributed by atoms with Gasteiger partial charge in [-0.3, -0.25) is 14.8 Å². The smallest absolute Gasteiger partial charge is 0.407 e. The minimum Gasteiger partial charge on any atom is -0.496 e. The molecular formula is C31H36N6O4. The molecule has 2 aromatic carbocycles. The monoisotopic (exact) mass is 556 g/mol. The molecule has 3 heterocycles. The fraction of sp³-hybridized carbons (Fsp3) is 0.355. The minimum atomic E-state index is -0.519. The number of rotatable bonds is 7. The first-order valence-corrected chi connectivity index (χ1v) is 13.8. The molecule has 0 saturated carbocycles. The van der Waals surface area contributed by atoms with Crippen LogP contribution in [0.15, 0.2) is 60.8 Å². The molecule has 2 amide bonds. The first-order valence-electron chi connectivity index (χ1n) is 13.8. The van der Waals surface area contributed by atoms with Crippen LogP contribution in [0.1, 0.15) is 31.1 Å². The maximum Gasteiger partial charge on any atom is 0.407 e. The highest BCUT2D eigenvalue weighted by Gasteiger charge is 2.23. The van der Waals surface area contributed by atoms with Crippen LogP contribution in [0.2, 0.25) is 0 Å². The standard InChI is InChI=1S/C31H36N6O4/c1-31(2,3)41-30(39)32-12-13-36-14-16-37(17-15-36)29(38)22-9-7-8-21(18-22)23-19-25-27(34-35-28(25)33-20-23)24-10-5-6-11-26(24)40-4/h5-11,18-20H,12-17H2,1-4H3,(H,32,39)(H,33,34,35). The van der Waals surface area contributed by atoms with E-state index in [0.29, 0.717) is 37.4 Å². The number of benzene rings is 2.